The van der Waals surface area contributed by atoms with Crippen molar-refractivity contribution in [3.05, 3.63) is 121 Å². The van der Waals surface area contributed by atoms with Gasteiger partial charge < -0.3 is 9.47 Å². The molecular formula is C31H21Br2F4N3O3. The molecular weight excluding hydrogens is 698 g/mol. The molecule has 0 fully saturated rings. The molecule has 1 heterocycles. The van der Waals surface area contributed by atoms with Gasteiger partial charge in [0.25, 0.3) is 5.56 Å². The molecule has 0 N–H and O–H groups in total. The van der Waals surface area contributed by atoms with E-state index in [1.807, 2.05) is 0 Å². The van der Waals surface area contributed by atoms with E-state index in [1.54, 1.807) is 49.4 Å². The molecule has 43 heavy (non-hydrogen) atoms. The highest BCUT2D eigenvalue weighted by Gasteiger charge is 2.31. The quantitative estimate of drug-likeness (QED) is 0.119. The molecule has 12 heteroatoms. The first-order chi connectivity index (χ1) is 20.6. The summed E-state index contributed by atoms with van der Waals surface area (Å²) >= 11 is 7.05. The molecule has 0 spiro atoms. The number of aromatic nitrogens is 2. The Morgan fingerprint density at radius 3 is 2.42 bits per heavy atom. The molecule has 5 aromatic rings. The summed E-state index contributed by atoms with van der Waals surface area (Å²) in [7, 11) is 0. The van der Waals surface area contributed by atoms with Gasteiger partial charge in [-0.3, -0.25) is 4.79 Å². The van der Waals surface area contributed by atoms with Gasteiger partial charge in [-0.15, -0.1) is 0 Å². The minimum Gasteiger partial charge on any atom is -0.490 e. The zero-order chi connectivity index (χ0) is 30.7. The van der Waals surface area contributed by atoms with E-state index in [2.05, 4.69) is 41.9 Å². The zero-order valence-electron chi connectivity index (χ0n) is 22.3. The second-order valence-corrected chi connectivity index (χ2v) is 10.7. The lowest BCUT2D eigenvalue weighted by Crippen LogP contribution is -2.20. The van der Waals surface area contributed by atoms with Gasteiger partial charge in [-0.2, -0.15) is 22.9 Å². The summed E-state index contributed by atoms with van der Waals surface area (Å²) in [5.41, 5.74) is 0.148. The number of para-hydroxylation sites is 1. The van der Waals surface area contributed by atoms with Crippen LogP contribution in [0.15, 0.2) is 97.7 Å². The van der Waals surface area contributed by atoms with Gasteiger partial charge >= 0.3 is 6.18 Å². The molecule has 6 nitrogen and oxygen atoms in total. The van der Waals surface area contributed by atoms with Crippen LogP contribution in [0.25, 0.3) is 22.3 Å². The monoisotopic (exact) mass is 717 g/mol. The van der Waals surface area contributed by atoms with Crippen LogP contribution in [-0.4, -0.2) is 22.5 Å². The first kappa shape index (κ1) is 30.4. The first-order valence-corrected chi connectivity index (χ1v) is 14.4. The summed E-state index contributed by atoms with van der Waals surface area (Å²) in [5, 5.41) is 4.63. The molecule has 220 valence electrons. The Morgan fingerprint density at radius 2 is 1.70 bits per heavy atom. The topological polar surface area (TPSA) is 65.7 Å². The summed E-state index contributed by atoms with van der Waals surface area (Å²) < 4.78 is 67.6. The van der Waals surface area contributed by atoms with Gasteiger partial charge in [0.1, 0.15) is 12.4 Å². The SMILES string of the molecule is CCOc1cc(C=Nn2c(-c3cccc(C(F)(F)F)c3)nc3ccccc3c2=O)c(Br)c(Br)c1OCc1ccc(F)cc1. The fraction of sp³-hybridized carbons (Fsp3) is 0.129. The number of rotatable bonds is 8. The van der Waals surface area contributed by atoms with Gasteiger partial charge in [-0.25, -0.2) is 9.37 Å². The molecule has 4 aromatic carbocycles. The van der Waals surface area contributed by atoms with Gasteiger partial charge in [0.2, 0.25) is 0 Å². The third kappa shape index (κ3) is 6.65. The smallest absolute Gasteiger partial charge is 0.416 e. The van der Waals surface area contributed by atoms with E-state index in [0.29, 0.717) is 38.1 Å². The van der Waals surface area contributed by atoms with Gasteiger partial charge in [-0.05, 0) is 86.8 Å². The van der Waals surface area contributed by atoms with Crippen molar-refractivity contribution in [3.8, 4) is 22.9 Å². The molecule has 0 bridgehead atoms. The van der Waals surface area contributed by atoms with Crippen molar-refractivity contribution < 1.29 is 27.0 Å². The largest absolute Gasteiger partial charge is 0.490 e. The molecule has 0 unspecified atom stereocenters. The van der Waals surface area contributed by atoms with Gasteiger partial charge in [0.15, 0.2) is 17.3 Å². The van der Waals surface area contributed by atoms with E-state index >= 15 is 0 Å². The van der Waals surface area contributed by atoms with Crippen molar-refractivity contribution in [1.29, 1.82) is 0 Å². The molecule has 1 aromatic heterocycles. The van der Waals surface area contributed by atoms with Crippen molar-refractivity contribution in [2.24, 2.45) is 5.10 Å². The fourth-order valence-electron chi connectivity index (χ4n) is 4.20. The summed E-state index contributed by atoms with van der Waals surface area (Å²) in [6, 6.07) is 18.6. The Kier molecular flexibility index (Phi) is 8.97. The van der Waals surface area contributed by atoms with Gasteiger partial charge in [-0.1, -0.05) is 36.4 Å². The number of hydrogen-bond acceptors (Lipinski definition) is 5. The third-order valence-corrected chi connectivity index (χ3v) is 8.41. The lowest BCUT2D eigenvalue weighted by atomic mass is 10.1. The maximum Gasteiger partial charge on any atom is 0.416 e. The highest BCUT2D eigenvalue weighted by Crippen LogP contribution is 2.43. The highest BCUT2D eigenvalue weighted by molar-refractivity contribution is 9.13. The van der Waals surface area contributed by atoms with E-state index < -0.39 is 17.3 Å². The number of halogens is 6. The summed E-state index contributed by atoms with van der Waals surface area (Å²) in [6.07, 6.45) is -3.22. The molecule has 0 radical (unpaired) electrons. The number of hydrogen-bond donors (Lipinski definition) is 0. The highest BCUT2D eigenvalue weighted by atomic mass is 79.9. The normalized spacial score (nSPS) is 11.8. The summed E-state index contributed by atoms with van der Waals surface area (Å²) in [6.45, 7) is 2.25. The van der Waals surface area contributed by atoms with Crippen molar-refractivity contribution in [3.63, 3.8) is 0 Å². The lowest BCUT2D eigenvalue weighted by molar-refractivity contribution is -0.137. The Balaban J connectivity index is 1.59. The number of fused-ring (bicyclic) bond motifs is 1. The van der Waals surface area contributed by atoms with Crippen LogP contribution in [0.5, 0.6) is 11.5 Å². The van der Waals surface area contributed by atoms with E-state index in [0.717, 1.165) is 22.4 Å². The van der Waals surface area contributed by atoms with Crippen molar-refractivity contribution in [2.75, 3.05) is 6.61 Å². The van der Waals surface area contributed by atoms with Crippen LogP contribution in [0.2, 0.25) is 0 Å². The van der Waals surface area contributed by atoms with Crippen LogP contribution >= 0.6 is 31.9 Å². The summed E-state index contributed by atoms with van der Waals surface area (Å²) in [5.74, 6) is 0.321. The third-order valence-electron chi connectivity index (χ3n) is 6.27. The maximum atomic E-state index is 13.5. The lowest BCUT2D eigenvalue weighted by Gasteiger charge is -2.16. The molecule has 0 amide bonds. The van der Waals surface area contributed by atoms with Gasteiger partial charge in [0.05, 0.1) is 33.8 Å². The van der Waals surface area contributed by atoms with Gasteiger partial charge in [0, 0.05) is 15.6 Å². The van der Waals surface area contributed by atoms with Crippen molar-refractivity contribution in [2.45, 2.75) is 19.7 Å². The molecule has 0 aliphatic carbocycles. The van der Waals surface area contributed by atoms with Crippen LogP contribution < -0.4 is 15.0 Å². The molecule has 0 atom stereocenters. The second-order valence-electron chi connectivity index (χ2n) is 9.16. The predicted octanol–water partition coefficient (Wildman–Crippen LogP) is 8.61. The van der Waals surface area contributed by atoms with E-state index in [4.69, 9.17) is 9.47 Å². The number of benzene rings is 4. The van der Waals surface area contributed by atoms with E-state index in [1.165, 1.54) is 30.5 Å². The number of nitrogens with zero attached hydrogens (tertiary/aromatic N) is 3. The Hall–Kier alpha value is -4.03. The van der Waals surface area contributed by atoms with Crippen LogP contribution in [0.4, 0.5) is 17.6 Å². The standard InChI is InChI=1S/C31H21Br2F4N3O3/c1-2-42-25-15-20(26(32)27(33)28(25)43-17-18-10-12-22(34)13-11-18)16-38-40-29(19-6-5-7-21(14-19)31(35,36)37)39-24-9-4-3-8-23(24)30(40)41/h3-16H,2,17H2,1H3. The van der Waals surface area contributed by atoms with E-state index in [-0.39, 0.29) is 29.2 Å². The average molecular weight is 719 g/mol. The predicted molar refractivity (Wildman–Crippen MR) is 163 cm³/mol. The maximum absolute atomic E-state index is 13.5. The molecule has 0 saturated heterocycles. The Morgan fingerprint density at radius 1 is 0.953 bits per heavy atom. The average Bonchev–Trinajstić information content (AvgIpc) is 2.99. The second kappa shape index (κ2) is 12.7. The van der Waals surface area contributed by atoms with Crippen LogP contribution in [0.1, 0.15) is 23.6 Å². The molecule has 0 aliphatic heterocycles. The summed E-state index contributed by atoms with van der Waals surface area (Å²) in [4.78, 5) is 18.0. The van der Waals surface area contributed by atoms with Crippen LogP contribution in [-0.2, 0) is 12.8 Å². The first-order valence-electron chi connectivity index (χ1n) is 12.8. The number of ether oxygens (including phenoxy) is 2. The zero-order valence-corrected chi connectivity index (χ0v) is 25.5. The Bertz CT molecular complexity index is 1890. The molecule has 5 rings (SSSR count). The van der Waals surface area contributed by atoms with Crippen LogP contribution in [0.3, 0.4) is 0 Å². The van der Waals surface area contributed by atoms with Crippen molar-refractivity contribution >= 4 is 49.0 Å². The Labute approximate surface area is 259 Å². The number of alkyl halides is 3. The minimum atomic E-state index is -4.59. The van der Waals surface area contributed by atoms with Crippen LogP contribution in [0, 0.1) is 5.82 Å². The van der Waals surface area contributed by atoms with E-state index in [9.17, 15) is 22.4 Å². The molecule has 0 aliphatic rings. The molecule has 0 saturated carbocycles. The minimum absolute atomic E-state index is 0.0643. The fourth-order valence-corrected chi connectivity index (χ4v) is 5.14. The van der Waals surface area contributed by atoms with Crippen molar-refractivity contribution in [1.82, 2.24) is 9.66 Å².